The van der Waals surface area contributed by atoms with Crippen LogP contribution in [-0.4, -0.2) is 45.2 Å². The minimum Gasteiger partial charge on any atom is -0.504 e. The third kappa shape index (κ3) is 6.00. The van der Waals surface area contributed by atoms with E-state index in [0.29, 0.717) is 35.2 Å². The Labute approximate surface area is 213 Å². The fourth-order valence-electron chi connectivity index (χ4n) is 4.70. The molecule has 36 heavy (non-hydrogen) atoms. The molecule has 8 heteroatoms. The lowest BCUT2D eigenvalue weighted by atomic mass is 9.89. The van der Waals surface area contributed by atoms with Gasteiger partial charge in [-0.2, -0.15) is 0 Å². The number of phenols is 1. The summed E-state index contributed by atoms with van der Waals surface area (Å²) in [4.78, 5) is 2.75. The molecule has 4 rings (SSSR count). The summed E-state index contributed by atoms with van der Waals surface area (Å²) in [5.41, 5.74) is 2.87. The number of aromatic hydroxyl groups is 1. The van der Waals surface area contributed by atoms with Crippen molar-refractivity contribution in [1.29, 1.82) is 0 Å². The van der Waals surface area contributed by atoms with Gasteiger partial charge in [-0.3, -0.25) is 4.90 Å². The first-order chi connectivity index (χ1) is 17.3. The van der Waals surface area contributed by atoms with E-state index >= 15 is 0 Å². The highest BCUT2D eigenvalue weighted by atomic mass is 32.2. The molecule has 3 aromatic carbocycles. The molecular formula is C28H34N2O5S. The van der Waals surface area contributed by atoms with Gasteiger partial charge >= 0.3 is 0 Å². The van der Waals surface area contributed by atoms with Gasteiger partial charge in [0.2, 0.25) is 10.0 Å². The lowest BCUT2D eigenvalue weighted by molar-refractivity contribution is 0.203. The monoisotopic (exact) mass is 510 g/mol. The van der Waals surface area contributed by atoms with Crippen molar-refractivity contribution >= 4 is 10.0 Å². The molecule has 1 aliphatic heterocycles. The number of nitrogens with zero attached hydrogens (tertiary/aromatic N) is 1. The summed E-state index contributed by atoms with van der Waals surface area (Å²) in [6.45, 7) is 6.49. The number of methoxy groups -OCH3 is 1. The molecule has 0 aliphatic carbocycles. The molecule has 0 aromatic heterocycles. The standard InChI is InChI=1S/C28H34N2O5S/c1-4-29-36(32,33)28-17-20(2)9-11-23(28)22-13-15-30(16-14-22)19-21-10-12-24(31)27(18-21)35-26-8-6-5-7-25(26)34-3/h5-12,17-18,22,29,31H,4,13-16,19H2,1-3H3. The van der Waals surface area contributed by atoms with Crippen LogP contribution in [0.2, 0.25) is 0 Å². The van der Waals surface area contributed by atoms with Crippen molar-refractivity contribution < 1.29 is 23.0 Å². The van der Waals surface area contributed by atoms with Crippen LogP contribution in [0, 0.1) is 6.92 Å². The number of hydrogen-bond acceptors (Lipinski definition) is 6. The topological polar surface area (TPSA) is 88.1 Å². The van der Waals surface area contributed by atoms with Gasteiger partial charge in [0.15, 0.2) is 23.0 Å². The number of hydrogen-bond donors (Lipinski definition) is 2. The van der Waals surface area contributed by atoms with Crippen LogP contribution in [0.4, 0.5) is 0 Å². The van der Waals surface area contributed by atoms with Crippen molar-refractivity contribution in [2.24, 2.45) is 0 Å². The van der Waals surface area contributed by atoms with E-state index in [0.717, 1.165) is 42.6 Å². The van der Waals surface area contributed by atoms with Gasteiger partial charge in [0, 0.05) is 13.1 Å². The predicted octanol–water partition coefficient (Wildman–Crippen LogP) is 5.18. The molecule has 0 saturated carbocycles. The van der Waals surface area contributed by atoms with E-state index < -0.39 is 10.0 Å². The van der Waals surface area contributed by atoms with Crippen molar-refractivity contribution in [2.45, 2.75) is 44.0 Å². The first-order valence-corrected chi connectivity index (χ1v) is 13.7. The van der Waals surface area contributed by atoms with Gasteiger partial charge in [-0.15, -0.1) is 0 Å². The molecule has 1 saturated heterocycles. The number of nitrogens with one attached hydrogen (secondary N) is 1. The Morgan fingerprint density at radius 3 is 2.42 bits per heavy atom. The Morgan fingerprint density at radius 2 is 1.72 bits per heavy atom. The molecule has 2 N–H and O–H groups in total. The van der Waals surface area contributed by atoms with Gasteiger partial charge in [0.1, 0.15) is 0 Å². The maximum absolute atomic E-state index is 12.8. The first-order valence-electron chi connectivity index (χ1n) is 12.3. The molecule has 1 fully saturated rings. The number of rotatable bonds is 9. The Hall–Kier alpha value is -3.07. The second-order valence-corrected chi connectivity index (χ2v) is 10.9. The number of likely N-dealkylation sites (tertiary alicyclic amines) is 1. The van der Waals surface area contributed by atoms with Gasteiger partial charge in [-0.25, -0.2) is 13.1 Å². The molecule has 192 valence electrons. The summed E-state index contributed by atoms with van der Waals surface area (Å²) in [5, 5.41) is 10.3. The van der Waals surface area contributed by atoms with Crippen LogP contribution in [0.25, 0.3) is 0 Å². The highest BCUT2D eigenvalue weighted by Gasteiger charge is 2.27. The first kappa shape index (κ1) is 26.0. The number of para-hydroxylation sites is 2. The summed E-state index contributed by atoms with van der Waals surface area (Å²) in [6.07, 6.45) is 1.75. The molecule has 0 spiro atoms. The minimum atomic E-state index is -3.52. The van der Waals surface area contributed by atoms with Crippen molar-refractivity contribution in [3.63, 3.8) is 0 Å². The molecule has 1 heterocycles. The van der Waals surface area contributed by atoms with Crippen LogP contribution >= 0.6 is 0 Å². The smallest absolute Gasteiger partial charge is 0.240 e. The van der Waals surface area contributed by atoms with Crippen LogP contribution in [0.3, 0.4) is 0 Å². The van der Waals surface area contributed by atoms with E-state index in [-0.39, 0.29) is 11.7 Å². The normalized spacial score (nSPS) is 15.1. The summed E-state index contributed by atoms with van der Waals surface area (Å²) < 4.78 is 39.6. The van der Waals surface area contributed by atoms with E-state index in [2.05, 4.69) is 9.62 Å². The largest absolute Gasteiger partial charge is 0.504 e. The molecule has 0 unspecified atom stereocenters. The zero-order chi connectivity index (χ0) is 25.7. The SMILES string of the molecule is CCNS(=O)(=O)c1cc(C)ccc1C1CCN(Cc2ccc(O)c(Oc3ccccc3OC)c2)CC1. The lowest BCUT2D eigenvalue weighted by Gasteiger charge is -2.33. The molecule has 0 atom stereocenters. The van der Waals surface area contributed by atoms with Gasteiger partial charge in [-0.05, 0) is 85.8 Å². The highest BCUT2D eigenvalue weighted by molar-refractivity contribution is 7.89. The molecule has 0 amide bonds. The van der Waals surface area contributed by atoms with Gasteiger partial charge in [0.25, 0.3) is 0 Å². The quantitative estimate of drug-likeness (QED) is 0.412. The molecular weight excluding hydrogens is 476 g/mol. The number of piperidine rings is 1. The molecule has 0 radical (unpaired) electrons. The third-order valence-corrected chi connectivity index (χ3v) is 8.14. The van der Waals surface area contributed by atoms with Crippen molar-refractivity contribution in [3.05, 3.63) is 77.4 Å². The molecule has 7 nitrogen and oxygen atoms in total. The number of ether oxygens (including phenoxy) is 2. The second-order valence-electron chi connectivity index (χ2n) is 9.15. The van der Waals surface area contributed by atoms with Crippen LogP contribution in [-0.2, 0) is 16.6 Å². The van der Waals surface area contributed by atoms with Crippen LogP contribution in [0.5, 0.6) is 23.0 Å². The Kier molecular flexibility index (Phi) is 8.18. The number of aryl methyl sites for hydroxylation is 1. The summed E-state index contributed by atoms with van der Waals surface area (Å²) in [7, 11) is -1.94. The van der Waals surface area contributed by atoms with E-state index in [1.807, 2.05) is 49.4 Å². The van der Waals surface area contributed by atoms with Crippen LogP contribution < -0.4 is 14.2 Å². The lowest BCUT2D eigenvalue weighted by Crippen LogP contribution is -2.33. The van der Waals surface area contributed by atoms with Crippen molar-refractivity contribution in [1.82, 2.24) is 9.62 Å². The maximum atomic E-state index is 12.8. The van der Waals surface area contributed by atoms with Crippen LogP contribution in [0.1, 0.15) is 42.4 Å². The fourth-order valence-corrected chi connectivity index (χ4v) is 6.12. The Balaban J connectivity index is 1.44. The van der Waals surface area contributed by atoms with E-state index in [1.165, 1.54) is 0 Å². The van der Waals surface area contributed by atoms with Gasteiger partial charge < -0.3 is 14.6 Å². The third-order valence-electron chi connectivity index (χ3n) is 6.54. The zero-order valence-corrected chi connectivity index (χ0v) is 21.8. The number of sulfonamides is 1. The second kappa shape index (κ2) is 11.3. The average molecular weight is 511 g/mol. The Bertz CT molecular complexity index is 1300. The predicted molar refractivity (Wildman–Crippen MR) is 140 cm³/mol. The maximum Gasteiger partial charge on any atom is 0.240 e. The van der Waals surface area contributed by atoms with E-state index in [4.69, 9.17) is 9.47 Å². The summed E-state index contributed by atoms with van der Waals surface area (Å²) in [5.74, 6) is 1.77. The minimum absolute atomic E-state index is 0.0668. The highest BCUT2D eigenvalue weighted by Crippen LogP contribution is 2.37. The van der Waals surface area contributed by atoms with E-state index in [9.17, 15) is 13.5 Å². The molecule has 1 aliphatic rings. The molecule has 0 bridgehead atoms. The van der Waals surface area contributed by atoms with Gasteiger partial charge in [-0.1, -0.05) is 37.3 Å². The van der Waals surface area contributed by atoms with Crippen molar-refractivity contribution in [2.75, 3.05) is 26.7 Å². The Morgan fingerprint density at radius 1 is 1.00 bits per heavy atom. The average Bonchev–Trinajstić information content (AvgIpc) is 2.87. The summed E-state index contributed by atoms with van der Waals surface area (Å²) >= 11 is 0. The van der Waals surface area contributed by atoms with Crippen LogP contribution in [0.15, 0.2) is 65.6 Å². The van der Waals surface area contributed by atoms with E-state index in [1.54, 1.807) is 32.2 Å². The van der Waals surface area contributed by atoms with Crippen molar-refractivity contribution in [3.8, 4) is 23.0 Å². The van der Waals surface area contributed by atoms with Gasteiger partial charge in [0.05, 0.1) is 12.0 Å². The fraction of sp³-hybridized carbons (Fsp3) is 0.357. The summed E-state index contributed by atoms with van der Waals surface area (Å²) in [6, 6.07) is 18.5. The number of benzene rings is 3. The molecule has 3 aromatic rings. The number of phenolic OH excluding ortho intramolecular Hbond substituents is 1. The zero-order valence-electron chi connectivity index (χ0n) is 21.0.